The number of nitrogens with two attached hydrogens (primary N) is 1. The molecule has 2 heterocycles. The van der Waals surface area contributed by atoms with Gasteiger partial charge in [-0.1, -0.05) is 91.5 Å². The summed E-state index contributed by atoms with van der Waals surface area (Å²) in [5.74, 6) is 1.87. The van der Waals surface area contributed by atoms with Crippen LogP contribution in [0.1, 0.15) is 51.5 Å². The number of imidazole rings is 2. The summed E-state index contributed by atoms with van der Waals surface area (Å²) in [5.41, 5.74) is 8.86. The van der Waals surface area contributed by atoms with Crippen LogP contribution in [0.3, 0.4) is 0 Å². The molecule has 4 aromatic rings. The summed E-state index contributed by atoms with van der Waals surface area (Å²) in [4.78, 5) is 14.7. The number of halogens is 1. The highest BCUT2D eigenvalue weighted by atomic mass is 79.9. The van der Waals surface area contributed by atoms with E-state index in [-0.39, 0.29) is 0 Å². The van der Waals surface area contributed by atoms with Gasteiger partial charge in [-0.25, -0.2) is 9.97 Å². The van der Waals surface area contributed by atoms with Crippen molar-refractivity contribution in [1.82, 2.24) is 19.9 Å². The molecule has 0 aliphatic heterocycles. The molecular formula is C27H36BrN5. The van der Waals surface area contributed by atoms with E-state index in [9.17, 15) is 0 Å². The lowest BCUT2D eigenvalue weighted by atomic mass is 10.0. The van der Waals surface area contributed by atoms with Gasteiger partial charge in [-0.15, -0.1) is 0 Å². The number of aromatic amines is 2. The molecule has 0 amide bonds. The Morgan fingerprint density at radius 2 is 1.33 bits per heavy atom. The molecule has 0 spiro atoms. The van der Waals surface area contributed by atoms with Gasteiger partial charge in [0, 0.05) is 40.4 Å². The molecule has 2 aromatic heterocycles. The largest absolute Gasteiger partial charge is 0.345 e. The van der Waals surface area contributed by atoms with E-state index in [1.165, 1.54) is 43.2 Å². The van der Waals surface area contributed by atoms with Crippen molar-refractivity contribution >= 4 is 15.9 Å². The Morgan fingerprint density at radius 1 is 0.758 bits per heavy atom. The van der Waals surface area contributed by atoms with Gasteiger partial charge in [0.15, 0.2) is 0 Å². The predicted octanol–water partition coefficient (Wildman–Crippen LogP) is 7.39. The molecule has 0 saturated heterocycles. The van der Waals surface area contributed by atoms with Gasteiger partial charge in [0.05, 0.1) is 0 Å². The fourth-order valence-corrected chi connectivity index (χ4v) is 3.69. The van der Waals surface area contributed by atoms with Gasteiger partial charge in [-0.3, -0.25) is 0 Å². The van der Waals surface area contributed by atoms with E-state index in [1.807, 2.05) is 36.7 Å². The molecule has 2 aromatic carbocycles. The van der Waals surface area contributed by atoms with Gasteiger partial charge in [0.25, 0.3) is 0 Å². The zero-order valence-electron chi connectivity index (χ0n) is 19.7. The maximum atomic E-state index is 5.14. The van der Waals surface area contributed by atoms with Crippen LogP contribution in [0.25, 0.3) is 22.8 Å². The first kappa shape index (κ1) is 26.6. The smallest absolute Gasteiger partial charge is 0.138 e. The second-order valence-corrected chi connectivity index (χ2v) is 8.47. The number of unbranched alkanes of at least 4 members (excludes halogenated alkanes) is 3. The molecule has 4 rings (SSSR count). The number of hydrogen-bond acceptors (Lipinski definition) is 3. The standard InChI is InChI=1S/C14H18N2.C9H7BrN2.C4H11N/c1-2-3-4-7-12-8-5-6-9-13(12)14-15-10-11-16-14;10-8-4-2-1-3-7(8)9-11-5-6-12-9;1-2-3-4-5/h5-6,8-11H,2-4,7H2,1H3,(H,15,16);1-6H,(H,11,12);2-5H2,1H3. The average molecular weight is 511 g/mol. The topological polar surface area (TPSA) is 83.4 Å². The lowest BCUT2D eigenvalue weighted by molar-refractivity contribution is 0.718. The van der Waals surface area contributed by atoms with Crippen molar-refractivity contribution in [3.63, 3.8) is 0 Å². The minimum Gasteiger partial charge on any atom is -0.345 e. The van der Waals surface area contributed by atoms with Crippen LogP contribution in [0.4, 0.5) is 0 Å². The molecule has 0 aliphatic rings. The van der Waals surface area contributed by atoms with Crippen molar-refractivity contribution in [3.8, 4) is 22.8 Å². The SMILES string of the molecule is Brc1ccccc1-c1ncc[nH]1.CCCCCc1ccccc1-c1ncc[nH]1.CCCCN. The van der Waals surface area contributed by atoms with Crippen LogP contribution in [-0.2, 0) is 6.42 Å². The number of aryl methyl sites for hydroxylation is 1. The highest BCUT2D eigenvalue weighted by Crippen LogP contribution is 2.24. The van der Waals surface area contributed by atoms with E-state index in [0.717, 1.165) is 34.7 Å². The van der Waals surface area contributed by atoms with Crippen LogP contribution in [0.5, 0.6) is 0 Å². The molecule has 0 aliphatic carbocycles. The Labute approximate surface area is 206 Å². The van der Waals surface area contributed by atoms with E-state index in [0.29, 0.717) is 0 Å². The summed E-state index contributed by atoms with van der Waals surface area (Å²) < 4.78 is 1.06. The zero-order valence-corrected chi connectivity index (χ0v) is 21.3. The van der Waals surface area contributed by atoms with Crippen LogP contribution >= 0.6 is 15.9 Å². The molecule has 0 bridgehead atoms. The van der Waals surface area contributed by atoms with Crippen LogP contribution in [-0.4, -0.2) is 26.5 Å². The molecule has 4 N–H and O–H groups in total. The van der Waals surface area contributed by atoms with E-state index in [1.54, 1.807) is 12.4 Å². The summed E-state index contributed by atoms with van der Waals surface area (Å²) in [7, 11) is 0. The minimum atomic E-state index is 0.844. The van der Waals surface area contributed by atoms with E-state index in [4.69, 9.17) is 5.73 Å². The zero-order chi connectivity index (χ0) is 23.7. The average Bonchev–Trinajstić information content (AvgIpc) is 3.56. The molecule has 5 nitrogen and oxygen atoms in total. The Balaban J connectivity index is 0.000000200. The Bertz CT molecular complexity index is 995. The fourth-order valence-electron chi connectivity index (χ4n) is 3.22. The molecule has 176 valence electrons. The normalized spacial score (nSPS) is 10.1. The van der Waals surface area contributed by atoms with E-state index >= 15 is 0 Å². The Morgan fingerprint density at radius 3 is 1.85 bits per heavy atom. The lowest BCUT2D eigenvalue weighted by Gasteiger charge is -2.06. The van der Waals surface area contributed by atoms with Gasteiger partial charge >= 0.3 is 0 Å². The third kappa shape index (κ3) is 9.36. The number of hydrogen-bond donors (Lipinski definition) is 3. The summed E-state index contributed by atoms with van der Waals surface area (Å²) in [6.07, 6.45) is 14.6. The maximum absolute atomic E-state index is 5.14. The molecule has 0 fully saturated rings. The summed E-state index contributed by atoms with van der Waals surface area (Å²) >= 11 is 3.46. The molecule has 0 unspecified atom stereocenters. The minimum absolute atomic E-state index is 0.844. The molecule has 0 atom stereocenters. The number of nitrogens with one attached hydrogen (secondary N) is 2. The predicted molar refractivity (Wildman–Crippen MR) is 143 cm³/mol. The molecule has 0 radical (unpaired) electrons. The monoisotopic (exact) mass is 509 g/mol. The van der Waals surface area contributed by atoms with Crippen LogP contribution in [0.2, 0.25) is 0 Å². The van der Waals surface area contributed by atoms with Crippen LogP contribution in [0, 0.1) is 0 Å². The van der Waals surface area contributed by atoms with Crippen LogP contribution < -0.4 is 5.73 Å². The number of aromatic nitrogens is 4. The number of H-pyrrole nitrogens is 2. The number of nitrogens with zero attached hydrogens (tertiary/aromatic N) is 2. The van der Waals surface area contributed by atoms with Crippen molar-refractivity contribution in [2.75, 3.05) is 6.54 Å². The van der Waals surface area contributed by atoms with Crippen molar-refractivity contribution < 1.29 is 0 Å². The fraction of sp³-hybridized carbons (Fsp3) is 0.333. The first-order chi connectivity index (χ1) is 16.2. The number of rotatable bonds is 8. The second-order valence-electron chi connectivity index (χ2n) is 7.61. The summed E-state index contributed by atoms with van der Waals surface area (Å²) in [6, 6.07) is 16.5. The van der Waals surface area contributed by atoms with Gasteiger partial charge in [0.2, 0.25) is 0 Å². The van der Waals surface area contributed by atoms with Gasteiger partial charge in [0.1, 0.15) is 11.6 Å². The third-order valence-electron chi connectivity index (χ3n) is 5.01. The van der Waals surface area contributed by atoms with Gasteiger partial charge in [-0.2, -0.15) is 0 Å². The highest BCUT2D eigenvalue weighted by Gasteiger charge is 2.05. The maximum Gasteiger partial charge on any atom is 0.138 e. The summed E-state index contributed by atoms with van der Waals surface area (Å²) in [5, 5.41) is 0. The second kappa shape index (κ2) is 16.0. The van der Waals surface area contributed by atoms with Gasteiger partial charge < -0.3 is 15.7 Å². The quantitative estimate of drug-likeness (QED) is 0.216. The first-order valence-electron chi connectivity index (χ1n) is 11.7. The highest BCUT2D eigenvalue weighted by molar-refractivity contribution is 9.10. The van der Waals surface area contributed by atoms with Crippen molar-refractivity contribution in [2.24, 2.45) is 5.73 Å². The van der Waals surface area contributed by atoms with E-state index < -0.39 is 0 Å². The lowest BCUT2D eigenvalue weighted by Crippen LogP contribution is -1.95. The first-order valence-corrected chi connectivity index (χ1v) is 12.5. The third-order valence-corrected chi connectivity index (χ3v) is 5.70. The number of benzene rings is 2. The molecule has 33 heavy (non-hydrogen) atoms. The van der Waals surface area contributed by atoms with Crippen molar-refractivity contribution in [3.05, 3.63) is 83.4 Å². The van der Waals surface area contributed by atoms with Crippen LogP contribution in [0.15, 0.2) is 77.8 Å². The van der Waals surface area contributed by atoms with Crippen molar-refractivity contribution in [1.29, 1.82) is 0 Å². The van der Waals surface area contributed by atoms with E-state index in [2.05, 4.69) is 74.0 Å². The molecular weight excluding hydrogens is 474 g/mol. The Hall–Kier alpha value is -2.70. The molecule has 0 saturated carbocycles. The van der Waals surface area contributed by atoms with Gasteiger partial charge in [-0.05, 0) is 37.4 Å². The molecule has 6 heteroatoms. The summed E-state index contributed by atoms with van der Waals surface area (Å²) in [6.45, 7) is 5.21. The Kier molecular flexibility index (Phi) is 12.9. The van der Waals surface area contributed by atoms with Crippen molar-refractivity contribution in [2.45, 2.75) is 52.4 Å².